The number of rotatable bonds is 4. The smallest absolute Gasteiger partial charge is 0.319 e. The second-order valence-electron chi connectivity index (χ2n) is 7.26. The van der Waals surface area contributed by atoms with Gasteiger partial charge in [0.25, 0.3) is 0 Å². The minimum atomic E-state index is -0.0763. The lowest BCUT2D eigenvalue weighted by Gasteiger charge is -2.48. The first-order valence-corrected chi connectivity index (χ1v) is 9.09. The topological polar surface area (TPSA) is 44.4 Å². The van der Waals surface area contributed by atoms with E-state index in [9.17, 15) is 4.79 Å². The highest BCUT2D eigenvalue weighted by Crippen LogP contribution is 2.34. The number of carbonyl (C=O) groups is 1. The van der Waals surface area contributed by atoms with Crippen LogP contribution < -0.4 is 10.6 Å². The van der Waals surface area contributed by atoms with E-state index in [-0.39, 0.29) is 12.1 Å². The lowest BCUT2D eigenvalue weighted by atomic mass is 9.82. The third-order valence-corrected chi connectivity index (χ3v) is 5.52. The molecule has 2 aliphatic rings. The maximum atomic E-state index is 12.5. The highest BCUT2D eigenvalue weighted by molar-refractivity contribution is 5.91. The van der Waals surface area contributed by atoms with Gasteiger partial charge in [-0.15, -0.1) is 6.58 Å². The first-order chi connectivity index (χ1) is 11.6. The number of piperidine rings is 2. The van der Waals surface area contributed by atoms with Crippen molar-refractivity contribution in [1.29, 1.82) is 0 Å². The van der Waals surface area contributed by atoms with E-state index in [4.69, 9.17) is 0 Å². The molecule has 2 aliphatic heterocycles. The SMILES string of the molecule is C=CCN1[C@@H]2CCC[C@H]1CC(NC(=O)Nc1c(C)cccc1C)C2. The number of urea groups is 1. The van der Waals surface area contributed by atoms with Crippen LogP contribution in [0.15, 0.2) is 30.9 Å². The fourth-order valence-corrected chi connectivity index (χ4v) is 4.39. The van der Waals surface area contributed by atoms with Gasteiger partial charge in [0.15, 0.2) is 0 Å². The summed E-state index contributed by atoms with van der Waals surface area (Å²) in [6.07, 6.45) is 7.88. The predicted molar refractivity (Wildman–Crippen MR) is 99.4 cm³/mol. The van der Waals surface area contributed by atoms with E-state index >= 15 is 0 Å². The van der Waals surface area contributed by atoms with Gasteiger partial charge in [-0.1, -0.05) is 30.7 Å². The maximum Gasteiger partial charge on any atom is 0.319 e. The molecule has 2 saturated heterocycles. The van der Waals surface area contributed by atoms with E-state index in [1.165, 1.54) is 19.3 Å². The van der Waals surface area contributed by atoms with Crippen LogP contribution in [0.2, 0.25) is 0 Å². The largest absolute Gasteiger partial charge is 0.335 e. The molecular weight excluding hydrogens is 298 g/mol. The first kappa shape index (κ1) is 17.0. The Hall–Kier alpha value is -1.81. The average Bonchev–Trinajstić information content (AvgIpc) is 2.52. The molecule has 0 saturated carbocycles. The lowest BCUT2D eigenvalue weighted by molar-refractivity contribution is 0.0375. The van der Waals surface area contributed by atoms with E-state index in [0.717, 1.165) is 36.2 Å². The van der Waals surface area contributed by atoms with Crippen molar-refractivity contribution in [1.82, 2.24) is 10.2 Å². The van der Waals surface area contributed by atoms with Gasteiger partial charge < -0.3 is 10.6 Å². The van der Waals surface area contributed by atoms with Gasteiger partial charge >= 0.3 is 6.03 Å². The van der Waals surface area contributed by atoms with E-state index in [1.54, 1.807) is 0 Å². The Morgan fingerprint density at radius 3 is 2.46 bits per heavy atom. The molecule has 24 heavy (non-hydrogen) atoms. The van der Waals surface area contributed by atoms with Crippen LogP contribution in [0.4, 0.5) is 10.5 Å². The number of para-hydroxylation sites is 1. The molecule has 0 radical (unpaired) electrons. The van der Waals surface area contributed by atoms with Crippen molar-refractivity contribution in [3.63, 3.8) is 0 Å². The number of hydrogen-bond acceptors (Lipinski definition) is 2. The van der Waals surface area contributed by atoms with Gasteiger partial charge in [-0.05, 0) is 50.7 Å². The normalized spacial score (nSPS) is 26.7. The molecule has 2 bridgehead atoms. The molecule has 0 aromatic heterocycles. The Labute approximate surface area is 145 Å². The van der Waals surface area contributed by atoms with Crippen LogP contribution in [0.5, 0.6) is 0 Å². The van der Waals surface area contributed by atoms with Crippen LogP contribution in [0.25, 0.3) is 0 Å². The minimum absolute atomic E-state index is 0.0763. The van der Waals surface area contributed by atoms with Crippen molar-refractivity contribution in [3.05, 3.63) is 42.0 Å². The third kappa shape index (κ3) is 3.64. The minimum Gasteiger partial charge on any atom is -0.335 e. The number of nitrogens with zero attached hydrogens (tertiary/aromatic N) is 1. The van der Waals surface area contributed by atoms with Crippen molar-refractivity contribution in [2.45, 2.75) is 64.1 Å². The summed E-state index contributed by atoms with van der Waals surface area (Å²) in [4.78, 5) is 15.0. The Bertz CT molecular complexity index is 579. The Kier molecular flexibility index (Phi) is 5.24. The van der Waals surface area contributed by atoms with Crippen LogP contribution >= 0.6 is 0 Å². The van der Waals surface area contributed by atoms with Crippen molar-refractivity contribution >= 4 is 11.7 Å². The molecule has 4 nitrogen and oxygen atoms in total. The molecule has 0 spiro atoms. The molecule has 0 aliphatic carbocycles. The molecule has 2 heterocycles. The number of carbonyl (C=O) groups excluding carboxylic acids is 1. The number of benzene rings is 1. The van der Waals surface area contributed by atoms with Crippen molar-refractivity contribution in [2.24, 2.45) is 0 Å². The number of hydrogen-bond donors (Lipinski definition) is 2. The number of anilines is 1. The molecule has 4 heteroatoms. The summed E-state index contributed by atoms with van der Waals surface area (Å²) in [7, 11) is 0. The van der Waals surface area contributed by atoms with Crippen molar-refractivity contribution in [3.8, 4) is 0 Å². The zero-order valence-electron chi connectivity index (χ0n) is 14.8. The summed E-state index contributed by atoms with van der Waals surface area (Å²) in [5.41, 5.74) is 3.13. The highest BCUT2D eigenvalue weighted by atomic mass is 16.2. The number of aryl methyl sites for hydroxylation is 2. The zero-order chi connectivity index (χ0) is 17.1. The lowest BCUT2D eigenvalue weighted by Crippen LogP contribution is -2.57. The summed E-state index contributed by atoms with van der Waals surface area (Å²) >= 11 is 0. The second-order valence-corrected chi connectivity index (χ2v) is 7.26. The van der Waals surface area contributed by atoms with Gasteiger partial charge in [0.1, 0.15) is 0 Å². The third-order valence-electron chi connectivity index (χ3n) is 5.52. The predicted octanol–water partition coefficient (Wildman–Crippen LogP) is 4.00. The molecular formula is C20H29N3O. The van der Waals surface area contributed by atoms with Gasteiger partial charge in [-0.2, -0.15) is 0 Å². The first-order valence-electron chi connectivity index (χ1n) is 9.09. The average molecular weight is 327 g/mol. The van der Waals surface area contributed by atoms with Gasteiger partial charge in [-0.3, -0.25) is 4.90 Å². The second kappa shape index (κ2) is 7.39. The Morgan fingerprint density at radius 2 is 1.88 bits per heavy atom. The standard InChI is InChI=1S/C20H29N3O/c1-4-11-23-17-9-6-10-18(23)13-16(12-17)21-20(24)22-19-14(2)7-5-8-15(19)3/h4-5,7-8,16-18H,1,6,9-13H2,2-3H3,(H2,21,22,24)/t16?,17-,18+. The number of fused-ring (bicyclic) bond motifs is 2. The summed E-state index contributed by atoms with van der Waals surface area (Å²) in [5.74, 6) is 0. The summed E-state index contributed by atoms with van der Waals surface area (Å²) in [5, 5.41) is 6.26. The van der Waals surface area contributed by atoms with Crippen LogP contribution in [-0.2, 0) is 0 Å². The monoisotopic (exact) mass is 327 g/mol. The molecule has 130 valence electrons. The molecule has 1 aromatic rings. The summed E-state index contributed by atoms with van der Waals surface area (Å²) in [6.45, 7) is 8.92. The van der Waals surface area contributed by atoms with E-state index < -0.39 is 0 Å². The quantitative estimate of drug-likeness (QED) is 0.821. The maximum absolute atomic E-state index is 12.5. The van der Waals surface area contributed by atoms with Crippen LogP contribution in [0.1, 0.15) is 43.2 Å². The molecule has 3 atom stereocenters. The molecule has 1 aromatic carbocycles. The van der Waals surface area contributed by atoms with Crippen molar-refractivity contribution < 1.29 is 4.79 Å². The fourth-order valence-electron chi connectivity index (χ4n) is 4.39. The zero-order valence-corrected chi connectivity index (χ0v) is 14.8. The van der Waals surface area contributed by atoms with Crippen LogP contribution in [-0.4, -0.2) is 35.6 Å². The molecule has 2 fully saturated rings. The summed E-state index contributed by atoms with van der Waals surface area (Å²) in [6, 6.07) is 7.44. The van der Waals surface area contributed by atoms with Gasteiger partial charge in [0, 0.05) is 30.4 Å². The van der Waals surface area contributed by atoms with Crippen LogP contribution in [0.3, 0.4) is 0 Å². The molecule has 2 N–H and O–H groups in total. The van der Waals surface area contributed by atoms with Gasteiger partial charge in [0.2, 0.25) is 0 Å². The summed E-state index contributed by atoms with van der Waals surface area (Å²) < 4.78 is 0. The van der Waals surface area contributed by atoms with Gasteiger partial charge in [-0.25, -0.2) is 4.79 Å². The molecule has 1 unspecified atom stereocenters. The van der Waals surface area contributed by atoms with E-state index in [1.807, 2.05) is 38.1 Å². The molecule has 2 amide bonds. The highest BCUT2D eigenvalue weighted by Gasteiger charge is 2.37. The van der Waals surface area contributed by atoms with Crippen molar-refractivity contribution in [2.75, 3.05) is 11.9 Å². The van der Waals surface area contributed by atoms with Crippen LogP contribution in [0, 0.1) is 13.8 Å². The Balaban J connectivity index is 1.61. The van der Waals surface area contributed by atoms with Gasteiger partial charge in [0.05, 0.1) is 0 Å². The van der Waals surface area contributed by atoms with E-state index in [2.05, 4.69) is 22.1 Å². The molecule has 3 rings (SSSR count). The Morgan fingerprint density at radius 1 is 1.25 bits per heavy atom. The van der Waals surface area contributed by atoms with E-state index in [0.29, 0.717) is 12.1 Å². The number of amides is 2. The fraction of sp³-hybridized carbons (Fsp3) is 0.550. The number of nitrogens with one attached hydrogen (secondary N) is 2.